The molecule has 0 radical (unpaired) electrons. The molecule has 0 amide bonds. The van der Waals surface area contributed by atoms with Crippen molar-refractivity contribution in [2.75, 3.05) is 20.2 Å². The molecule has 0 saturated carbocycles. The Balaban J connectivity index is 2.06. The predicted molar refractivity (Wildman–Crippen MR) is 76.0 cm³/mol. The lowest BCUT2D eigenvalue weighted by molar-refractivity contribution is 0.228. The van der Waals surface area contributed by atoms with Gasteiger partial charge in [-0.3, -0.25) is 4.90 Å². The van der Waals surface area contributed by atoms with Crippen molar-refractivity contribution in [1.82, 2.24) is 4.90 Å². The highest BCUT2D eigenvalue weighted by Gasteiger charge is 2.22. The second-order valence-electron chi connectivity index (χ2n) is 5.12. The summed E-state index contributed by atoms with van der Waals surface area (Å²) in [6.07, 6.45) is 0.791. The Morgan fingerprint density at radius 1 is 1.55 bits per heavy atom. The van der Waals surface area contributed by atoms with E-state index in [2.05, 4.69) is 23.0 Å². The maximum atomic E-state index is 9.10. The predicted octanol–water partition coefficient (Wildman–Crippen LogP) is 2.24. The topological polar surface area (TPSA) is 68.8 Å². The average molecular weight is 273 g/mol. The number of ether oxygens (including phenoxy) is 1. The fraction of sp³-hybridized carbons (Fsp3) is 0.467. The van der Waals surface area contributed by atoms with Crippen LogP contribution in [0.3, 0.4) is 0 Å². The first-order valence-corrected chi connectivity index (χ1v) is 6.68. The van der Waals surface area contributed by atoms with Gasteiger partial charge in [0.15, 0.2) is 0 Å². The summed E-state index contributed by atoms with van der Waals surface area (Å²) in [5.41, 5.74) is 2.53. The number of nitrogens with zero attached hydrogens (tertiary/aromatic N) is 3. The number of nitriles is 1. The summed E-state index contributed by atoms with van der Waals surface area (Å²) in [6, 6.07) is 7.85. The molecule has 1 heterocycles. The van der Waals surface area contributed by atoms with E-state index in [1.807, 2.05) is 18.2 Å². The van der Waals surface area contributed by atoms with E-state index in [0.717, 1.165) is 37.3 Å². The summed E-state index contributed by atoms with van der Waals surface area (Å²) >= 11 is 0. The lowest BCUT2D eigenvalue weighted by atomic mass is 9.97. The van der Waals surface area contributed by atoms with Crippen LogP contribution in [0.2, 0.25) is 0 Å². The molecular formula is C15H19N3O2. The van der Waals surface area contributed by atoms with Crippen molar-refractivity contribution < 1.29 is 9.94 Å². The van der Waals surface area contributed by atoms with Gasteiger partial charge < -0.3 is 9.94 Å². The SMILES string of the molecule is COc1ccc(CN2CC/C(=N/O)C(C)C2)cc1C#N. The number of oxime groups is 1. The second kappa shape index (κ2) is 6.40. The minimum atomic E-state index is 0.266. The van der Waals surface area contributed by atoms with E-state index in [0.29, 0.717) is 11.3 Å². The zero-order valence-electron chi connectivity index (χ0n) is 11.8. The van der Waals surface area contributed by atoms with E-state index in [4.69, 9.17) is 15.2 Å². The number of hydrogen-bond donors (Lipinski definition) is 1. The molecule has 0 bridgehead atoms. The third kappa shape index (κ3) is 3.09. The Kier molecular flexibility index (Phi) is 4.59. The molecule has 1 atom stereocenters. The second-order valence-corrected chi connectivity index (χ2v) is 5.12. The Hall–Kier alpha value is -2.06. The molecule has 0 spiro atoms. The van der Waals surface area contributed by atoms with Gasteiger partial charge in [-0.25, -0.2) is 0 Å². The molecule has 0 aliphatic carbocycles. The molecule has 1 fully saturated rings. The van der Waals surface area contributed by atoms with Crippen LogP contribution in [0.4, 0.5) is 0 Å². The molecule has 5 nitrogen and oxygen atoms in total. The molecule has 106 valence electrons. The average Bonchev–Trinajstić information content (AvgIpc) is 2.47. The maximum Gasteiger partial charge on any atom is 0.136 e. The molecule has 1 aliphatic rings. The monoisotopic (exact) mass is 273 g/mol. The molecule has 1 saturated heterocycles. The van der Waals surface area contributed by atoms with Crippen LogP contribution in [0.5, 0.6) is 5.75 Å². The normalized spacial score (nSPS) is 21.6. The third-order valence-electron chi connectivity index (χ3n) is 3.70. The van der Waals surface area contributed by atoms with Crippen LogP contribution in [0, 0.1) is 17.2 Å². The van der Waals surface area contributed by atoms with Gasteiger partial charge in [-0.1, -0.05) is 18.1 Å². The fourth-order valence-electron chi connectivity index (χ4n) is 2.59. The molecule has 5 heteroatoms. The van der Waals surface area contributed by atoms with Gasteiger partial charge in [-0.05, 0) is 17.7 Å². The minimum absolute atomic E-state index is 0.266. The lowest BCUT2D eigenvalue weighted by Gasteiger charge is -2.31. The molecule has 1 N–H and O–H groups in total. The smallest absolute Gasteiger partial charge is 0.136 e. The number of benzene rings is 1. The van der Waals surface area contributed by atoms with Crippen molar-refractivity contribution >= 4 is 5.71 Å². The standard InChI is InChI=1S/C15H19N3O2/c1-11-9-18(6-5-14(11)17-19)10-12-3-4-15(20-2)13(7-12)8-16/h3-4,7,11,19H,5-6,9-10H2,1-2H3/b17-14-. The summed E-state index contributed by atoms with van der Waals surface area (Å²) in [6.45, 7) is 4.60. The van der Waals surface area contributed by atoms with Gasteiger partial charge in [0, 0.05) is 32.0 Å². The van der Waals surface area contributed by atoms with E-state index in [9.17, 15) is 0 Å². The number of piperidine rings is 1. The van der Waals surface area contributed by atoms with Crippen molar-refractivity contribution in [1.29, 1.82) is 5.26 Å². The Labute approximate surface area is 119 Å². The number of hydrogen-bond acceptors (Lipinski definition) is 5. The summed E-state index contributed by atoms with van der Waals surface area (Å²) < 4.78 is 5.15. The lowest BCUT2D eigenvalue weighted by Crippen LogP contribution is -2.39. The third-order valence-corrected chi connectivity index (χ3v) is 3.70. The zero-order chi connectivity index (χ0) is 14.5. The first-order chi connectivity index (χ1) is 9.67. The first-order valence-electron chi connectivity index (χ1n) is 6.68. The van der Waals surface area contributed by atoms with Crippen molar-refractivity contribution in [3.05, 3.63) is 29.3 Å². The van der Waals surface area contributed by atoms with Crippen molar-refractivity contribution in [3.8, 4) is 11.8 Å². The summed E-state index contributed by atoms with van der Waals surface area (Å²) in [4.78, 5) is 2.31. The largest absolute Gasteiger partial charge is 0.495 e. The van der Waals surface area contributed by atoms with Gasteiger partial charge in [0.2, 0.25) is 0 Å². The van der Waals surface area contributed by atoms with Gasteiger partial charge >= 0.3 is 0 Å². The highest BCUT2D eigenvalue weighted by atomic mass is 16.5. The van der Waals surface area contributed by atoms with Gasteiger partial charge in [0.05, 0.1) is 18.4 Å². The molecule has 20 heavy (non-hydrogen) atoms. The van der Waals surface area contributed by atoms with Crippen LogP contribution in [0.15, 0.2) is 23.4 Å². The van der Waals surface area contributed by atoms with Crippen molar-refractivity contribution in [2.45, 2.75) is 19.9 Å². The molecule has 1 aromatic carbocycles. The van der Waals surface area contributed by atoms with Crippen LogP contribution in [-0.4, -0.2) is 36.0 Å². The number of methoxy groups -OCH3 is 1. The Bertz CT molecular complexity index is 549. The summed E-state index contributed by atoms with van der Waals surface area (Å²) in [5, 5.41) is 21.3. The van der Waals surface area contributed by atoms with Crippen LogP contribution in [-0.2, 0) is 6.54 Å². The first kappa shape index (κ1) is 14.4. The molecule has 2 rings (SSSR count). The van der Waals surface area contributed by atoms with Crippen LogP contribution in [0.25, 0.3) is 0 Å². The molecular weight excluding hydrogens is 254 g/mol. The van der Waals surface area contributed by atoms with E-state index in [1.165, 1.54) is 0 Å². The van der Waals surface area contributed by atoms with E-state index in [1.54, 1.807) is 7.11 Å². The molecule has 1 aromatic rings. The van der Waals surface area contributed by atoms with E-state index in [-0.39, 0.29) is 5.92 Å². The minimum Gasteiger partial charge on any atom is -0.495 e. The van der Waals surface area contributed by atoms with Crippen molar-refractivity contribution in [2.24, 2.45) is 11.1 Å². The van der Waals surface area contributed by atoms with Crippen LogP contribution >= 0.6 is 0 Å². The zero-order valence-corrected chi connectivity index (χ0v) is 11.8. The highest BCUT2D eigenvalue weighted by Crippen LogP contribution is 2.21. The molecule has 1 unspecified atom stereocenters. The van der Waals surface area contributed by atoms with Gasteiger partial charge in [-0.2, -0.15) is 5.26 Å². The Morgan fingerprint density at radius 2 is 2.35 bits per heavy atom. The Morgan fingerprint density at radius 3 is 2.95 bits per heavy atom. The van der Waals surface area contributed by atoms with Gasteiger partial charge in [0.25, 0.3) is 0 Å². The molecule has 1 aliphatic heterocycles. The quantitative estimate of drug-likeness (QED) is 0.677. The summed E-state index contributed by atoms with van der Waals surface area (Å²) in [7, 11) is 1.57. The van der Waals surface area contributed by atoms with E-state index < -0.39 is 0 Å². The molecule has 0 aromatic heterocycles. The highest BCUT2D eigenvalue weighted by molar-refractivity contribution is 5.86. The van der Waals surface area contributed by atoms with Gasteiger partial charge in [-0.15, -0.1) is 0 Å². The van der Waals surface area contributed by atoms with Crippen LogP contribution < -0.4 is 4.74 Å². The number of rotatable bonds is 3. The number of likely N-dealkylation sites (tertiary alicyclic amines) is 1. The maximum absolute atomic E-state index is 9.10. The van der Waals surface area contributed by atoms with Crippen LogP contribution in [0.1, 0.15) is 24.5 Å². The van der Waals surface area contributed by atoms with Gasteiger partial charge in [0.1, 0.15) is 11.8 Å². The van der Waals surface area contributed by atoms with E-state index >= 15 is 0 Å². The summed E-state index contributed by atoms with van der Waals surface area (Å²) in [5.74, 6) is 0.875. The van der Waals surface area contributed by atoms with Crippen molar-refractivity contribution in [3.63, 3.8) is 0 Å². The fourth-order valence-corrected chi connectivity index (χ4v) is 2.59.